The molecule has 166 valence electrons. The Kier molecular flexibility index (Phi) is 6.30. The van der Waals surface area contributed by atoms with Gasteiger partial charge in [-0.2, -0.15) is 0 Å². The van der Waals surface area contributed by atoms with Crippen molar-refractivity contribution in [2.45, 2.75) is 31.0 Å². The monoisotopic (exact) mass is 451 g/mol. The van der Waals surface area contributed by atoms with Gasteiger partial charge in [0.2, 0.25) is 0 Å². The zero-order valence-corrected chi connectivity index (χ0v) is 17.1. The van der Waals surface area contributed by atoms with Crippen molar-refractivity contribution in [3.05, 3.63) is 48.5 Å². The molecule has 1 saturated heterocycles. The van der Waals surface area contributed by atoms with Crippen molar-refractivity contribution >= 4 is 24.8 Å². The summed E-state index contributed by atoms with van der Waals surface area (Å²) in [5.41, 5.74) is 1.67. The van der Waals surface area contributed by atoms with E-state index in [9.17, 15) is 14.8 Å². The summed E-state index contributed by atoms with van der Waals surface area (Å²) in [5, 5.41) is 23.6. The predicted molar refractivity (Wildman–Crippen MR) is 108 cm³/mol. The van der Waals surface area contributed by atoms with Gasteiger partial charge in [-0.3, -0.25) is 9.09 Å². The van der Waals surface area contributed by atoms with E-state index in [1.807, 2.05) is 30.3 Å². The Morgan fingerprint density at radius 1 is 1.26 bits per heavy atom. The molecule has 0 bridgehead atoms. The number of phosphoric ester groups is 1. The Morgan fingerprint density at radius 2 is 2.03 bits per heavy atom. The van der Waals surface area contributed by atoms with Crippen LogP contribution >= 0.6 is 7.82 Å². The second kappa shape index (κ2) is 8.97. The molecule has 3 aromatic rings. The minimum absolute atomic E-state index is 0.167. The van der Waals surface area contributed by atoms with E-state index in [0.29, 0.717) is 17.0 Å². The topological polar surface area (TPSA) is 172 Å². The fraction of sp³-hybridized carbons (Fsp3) is 0.389. The van der Waals surface area contributed by atoms with Crippen LogP contribution in [-0.4, -0.2) is 64.9 Å². The number of benzene rings is 1. The molecular weight excluding hydrogens is 429 g/mol. The smallest absolute Gasteiger partial charge is 0.390 e. The van der Waals surface area contributed by atoms with E-state index in [1.54, 1.807) is 4.57 Å². The Morgan fingerprint density at radius 3 is 2.77 bits per heavy atom. The van der Waals surface area contributed by atoms with E-state index < -0.39 is 39.0 Å². The lowest BCUT2D eigenvalue weighted by atomic mass is 10.1. The Labute approximate surface area is 176 Å². The van der Waals surface area contributed by atoms with Crippen molar-refractivity contribution < 1.29 is 33.8 Å². The van der Waals surface area contributed by atoms with Crippen LogP contribution in [0.3, 0.4) is 0 Å². The van der Waals surface area contributed by atoms with Gasteiger partial charge in [0.25, 0.3) is 0 Å². The van der Waals surface area contributed by atoms with E-state index >= 15 is 0 Å². The SMILES string of the molecule is O=P(O)(O)OCC1OC(n2cnc3c(NCC(O)c4ccccc4)ncnc32)CC1O. The molecule has 1 fully saturated rings. The summed E-state index contributed by atoms with van der Waals surface area (Å²) in [6, 6.07) is 9.21. The fourth-order valence-corrected chi connectivity index (χ4v) is 3.73. The predicted octanol–water partition coefficient (Wildman–Crippen LogP) is 0.729. The van der Waals surface area contributed by atoms with E-state index in [0.717, 1.165) is 5.56 Å². The van der Waals surface area contributed by atoms with Gasteiger partial charge >= 0.3 is 7.82 Å². The average molecular weight is 451 g/mol. The molecule has 3 heterocycles. The summed E-state index contributed by atoms with van der Waals surface area (Å²) >= 11 is 0. The van der Waals surface area contributed by atoms with Crippen LogP contribution in [0.5, 0.6) is 0 Å². The number of fused-ring (bicyclic) bond motifs is 1. The molecule has 4 atom stereocenters. The normalized spacial score (nSPS) is 22.6. The van der Waals surface area contributed by atoms with Crippen molar-refractivity contribution in [2.75, 3.05) is 18.5 Å². The van der Waals surface area contributed by atoms with E-state index in [-0.39, 0.29) is 13.0 Å². The van der Waals surface area contributed by atoms with Crippen molar-refractivity contribution in [3.63, 3.8) is 0 Å². The van der Waals surface area contributed by atoms with Gasteiger partial charge < -0.3 is 30.1 Å². The summed E-state index contributed by atoms with van der Waals surface area (Å²) in [6.45, 7) is -0.239. The lowest BCUT2D eigenvalue weighted by Crippen LogP contribution is -2.25. The molecule has 1 aliphatic heterocycles. The molecule has 1 aliphatic rings. The highest BCUT2D eigenvalue weighted by molar-refractivity contribution is 7.46. The number of hydrogen-bond donors (Lipinski definition) is 5. The Balaban J connectivity index is 1.47. The first kappa shape index (κ1) is 21.8. The van der Waals surface area contributed by atoms with Gasteiger partial charge in [-0.1, -0.05) is 30.3 Å². The number of aliphatic hydroxyl groups excluding tert-OH is 2. The first-order valence-electron chi connectivity index (χ1n) is 9.50. The quantitative estimate of drug-likeness (QED) is 0.306. The van der Waals surface area contributed by atoms with Crippen LogP contribution < -0.4 is 5.32 Å². The molecular formula is C18H22N5O7P. The van der Waals surface area contributed by atoms with Gasteiger partial charge in [0.05, 0.1) is 25.1 Å². The number of hydrogen-bond acceptors (Lipinski definition) is 9. The molecule has 0 spiro atoms. The second-order valence-corrected chi connectivity index (χ2v) is 8.31. The number of nitrogens with zero attached hydrogens (tertiary/aromatic N) is 4. The Bertz CT molecular complexity index is 1080. The summed E-state index contributed by atoms with van der Waals surface area (Å²) < 4.78 is 22.6. The van der Waals surface area contributed by atoms with Crippen LogP contribution in [0.1, 0.15) is 24.3 Å². The molecule has 0 amide bonds. The summed E-state index contributed by atoms with van der Waals surface area (Å²) in [7, 11) is -4.67. The van der Waals surface area contributed by atoms with Gasteiger partial charge in [0.1, 0.15) is 18.7 Å². The molecule has 1 aromatic carbocycles. The van der Waals surface area contributed by atoms with Crippen molar-refractivity contribution in [2.24, 2.45) is 0 Å². The number of imidazole rings is 1. The molecule has 0 saturated carbocycles. The second-order valence-electron chi connectivity index (χ2n) is 7.07. The van der Waals surface area contributed by atoms with Gasteiger partial charge in [0.15, 0.2) is 17.0 Å². The summed E-state index contributed by atoms with van der Waals surface area (Å²) in [5.74, 6) is 0.429. The van der Waals surface area contributed by atoms with E-state index in [4.69, 9.17) is 14.5 Å². The molecule has 0 aliphatic carbocycles. The van der Waals surface area contributed by atoms with Crippen molar-refractivity contribution in [1.82, 2.24) is 19.5 Å². The largest absolute Gasteiger partial charge is 0.469 e. The number of aliphatic hydroxyl groups is 2. The third-order valence-electron chi connectivity index (χ3n) is 4.93. The zero-order chi connectivity index (χ0) is 22.0. The zero-order valence-electron chi connectivity index (χ0n) is 16.2. The molecule has 31 heavy (non-hydrogen) atoms. The third-order valence-corrected chi connectivity index (χ3v) is 5.41. The number of anilines is 1. The van der Waals surface area contributed by atoms with Gasteiger partial charge in [-0.15, -0.1) is 0 Å². The first-order valence-corrected chi connectivity index (χ1v) is 11.0. The maximum atomic E-state index is 10.9. The maximum Gasteiger partial charge on any atom is 0.469 e. The highest BCUT2D eigenvalue weighted by Gasteiger charge is 2.37. The summed E-state index contributed by atoms with van der Waals surface area (Å²) in [6.07, 6.45) is -0.274. The lowest BCUT2D eigenvalue weighted by Gasteiger charge is -2.16. The van der Waals surface area contributed by atoms with Crippen LogP contribution in [0.25, 0.3) is 11.2 Å². The minimum Gasteiger partial charge on any atom is -0.390 e. The highest BCUT2D eigenvalue weighted by atomic mass is 31.2. The van der Waals surface area contributed by atoms with Crippen LogP contribution in [0.2, 0.25) is 0 Å². The van der Waals surface area contributed by atoms with Gasteiger partial charge in [-0.05, 0) is 5.56 Å². The fourth-order valence-electron chi connectivity index (χ4n) is 3.38. The van der Waals surface area contributed by atoms with Crippen LogP contribution in [0, 0.1) is 0 Å². The molecule has 2 aromatic heterocycles. The van der Waals surface area contributed by atoms with E-state index in [2.05, 4.69) is 24.8 Å². The minimum atomic E-state index is -4.67. The summed E-state index contributed by atoms with van der Waals surface area (Å²) in [4.78, 5) is 30.4. The average Bonchev–Trinajstić information content (AvgIpc) is 3.34. The molecule has 13 heteroatoms. The van der Waals surface area contributed by atoms with E-state index in [1.165, 1.54) is 12.7 Å². The maximum absolute atomic E-state index is 10.9. The number of rotatable bonds is 8. The number of nitrogens with one attached hydrogen (secondary N) is 1. The van der Waals surface area contributed by atoms with Crippen molar-refractivity contribution in [1.29, 1.82) is 0 Å². The van der Waals surface area contributed by atoms with Gasteiger partial charge in [0, 0.05) is 13.0 Å². The van der Waals surface area contributed by atoms with Crippen molar-refractivity contribution in [3.8, 4) is 0 Å². The molecule has 4 unspecified atom stereocenters. The lowest BCUT2D eigenvalue weighted by molar-refractivity contribution is -0.0424. The molecule has 4 rings (SSSR count). The van der Waals surface area contributed by atoms with Crippen LogP contribution in [0.15, 0.2) is 43.0 Å². The number of ether oxygens (including phenoxy) is 1. The third kappa shape index (κ3) is 5.08. The molecule has 12 nitrogen and oxygen atoms in total. The molecule has 5 N–H and O–H groups in total. The number of phosphoric acid groups is 1. The van der Waals surface area contributed by atoms with Crippen LogP contribution in [0.4, 0.5) is 5.82 Å². The highest BCUT2D eigenvalue weighted by Crippen LogP contribution is 2.38. The molecule has 0 radical (unpaired) electrons. The first-order chi connectivity index (χ1) is 14.8. The van der Waals surface area contributed by atoms with Gasteiger partial charge in [-0.25, -0.2) is 19.5 Å². The number of aromatic nitrogens is 4. The Hall–Kier alpha value is -2.44. The standard InChI is InChI=1S/C18H22N5O7P/c24-12-6-15(30-14(12)8-29-31(26,27)28)23-10-22-16-17(20-9-21-18(16)23)19-7-13(25)11-4-2-1-3-5-11/h1-5,9-10,12-15,24-25H,6-8H2,(H,19,20,21)(H2,26,27,28). The van der Waals surface area contributed by atoms with Crippen LogP contribution in [-0.2, 0) is 13.8 Å².